The van der Waals surface area contributed by atoms with Crippen molar-refractivity contribution in [2.75, 3.05) is 12.5 Å². The molecule has 2 N–H and O–H groups in total. The lowest BCUT2D eigenvalue weighted by Gasteiger charge is -2.09. The Hall–Kier alpha value is -3.68. The van der Waals surface area contributed by atoms with Crippen LogP contribution in [0.4, 0.5) is 5.95 Å². The third-order valence-corrected chi connectivity index (χ3v) is 4.05. The van der Waals surface area contributed by atoms with E-state index in [2.05, 4.69) is 20.2 Å². The topological polar surface area (TPSA) is 100 Å². The Morgan fingerprint density at radius 2 is 1.92 bits per heavy atom. The fourth-order valence-electron chi connectivity index (χ4n) is 2.89. The molecule has 122 valence electrons. The minimum Gasteiger partial charge on any atom is -0.454 e. The number of nitrogen functional groups attached to an aromatic ring is 1. The van der Waals surface area contributed by atoms with E-state index in [0.717, 1.165) is 28.0 Å². The van der Waals surface area contributed by atoms with Crippen LogP contribution in [0, 0.1) is 0 Å². The molecule has 3 aromatic heterocycles. The van der Waals surface area contributed by atoms with E-state index in [1.165, 1.54) is 0 Å². The van der Waals surface area contributed by atoms with Crippen LogP contribution in [-0.2, 0) is 0 Å². The molecule has 4 aromatic rings. The number of hydrogen-bond donors (Lipinski definition) is 1. The van der Waals surface area contributed by atoms with Crippen molar-refractivity contribution in [1.29, 1.82) is 0 Å². The minimum absolute atomic E-state index is 0.197. The van der Waals surface area contributed by atoms with E-state index >= 15 is 0 Å². The Labute approximate surface area is 141 Å². The number of nitrogens with two attached hydrogens (primary N) is 1. The smallest absolute Gasteiger partial charge is 0.231 e. The van der Waals surface area contributed by atoms with Crippen LogP contribution in [0.1, 0.15) is 0 Å². The summed E-state index contributed by atoms with van der Waals surface area (Å²) in [6.45, 7) is 0.226. The molecule has 0 atom stereocenters. The maximum absolute atomic E-state index is 5.84. The molecule has 8 heteroatoms. The summed E-state index contributed by atoms with van der Waals surface area (Å²) >= 11 is 0. The third kappa shape index (κ3) is 2.15. The summed E-state index contributed by atoms with van der Waals surface area (Å²) in [7, 11) is 0. The molecule has 0 bridgehead atoms. The Morgan fingerprint density at radius 1 is 1.00 bits per heavy atom. The van der Waals surface area contributed by atoms with Crippen LogP contribution in [0.15, 0.2) is 48.9 Å². The van der Waals surface area contributed by atoms with Crippen molar-refractivity contribution < 1.29 is 9.47 Å². The SMILES string of the molecule is Nc1ncc(-c2ccc3c(c2)OCO3)c(-c2cnn3ncccc23)n1. The molecule has 5 rings (SSSR count). The van der Waals surface area contributed by atoms with E-state index in [9.17, 15) is 0 Å². The predicted molar refractivity (Wildman–Crippen MR) is 90.0 cm³/mol. The summed E-state index contributed by atoms with van der Waals surface area (Å²) in [5.41, 5.74) is 9.92. The summed E-state index contributed by atoms with van der Waals surface area (Å²) in [6.07, 6.45) is 5.10. The van der Waals surface area contributed by atoms with Crippen LogP contribution in [0.2, 0.25) is 0 Å². The average molecular weight is 332 g/mol. The average Bonchev–Trinajstić information content (AvgIpc) is 3.27. The van der Waals surface area contributed by atoms with Gasteiger partial charge < -0.3 is 15.2 Å². The molecule has 0 saturated heterocycles. The van der Waals surface area contributed by atoms with Crippen molar-refractivity contribution in [1.82, 2.24) is 24.8 Å². The first kappa shape index (κ1) is 13.7. The van der Waals surface area contributed by atoms with E-state index in [-0.39, 0.29) is 12.7 Å². The first-order valence-corrected chi connectivity index (χ1v) is 7.61. The fourth-order valence-corrected chi connectivity index (χ4v) is 2.89. The lowest BCUT2D eigenvalue weighted by atomic mass is 10.0. The van der Waals surface area contributed by atoms with E-state index < -0.39 is 0 Å². The maximum atomic E-state index is 5.84. The fraction of sp³-hybridized carbons (Fsp3) is 0.0588. The predicted octanol–water partition coefficient (Wildman–Crippen LogP) is 2.16. The van der Waals surface area contributed by atoms with Gasteiger partial charge in [-0.25, -0.2) is 9.97 Å². The third-order valence-electron chi connectivity index (χ3n) is 4.05. The zero-order valence-electron chi connectivity index (χ0n) is 13.0. The summed E-state index contributed by atoms with van der Waals surface area (Å²) in [6, 6.07) is 9.50. The first-order valence-electron chi connectivity index (χ1n) is 7.61. The molecule has 4 heterocycles. The van der Waals surface area contributed by atoms with Gasteiger partial charge in [-0.1, -0.05) is 6.07 Å². The number of aromatic nitrogens is 5. The van der Waals surface area contributed by atoms with Crippen molar-refractivity contribution in [3.8, 4) is 33.9 Å². The number of rotatable bonds is 2. The van der Waals surface area contributed by atoms with Crippen molar-refractivity contribution in [3.63, 3.8) is 0 Å². The molecule has 8 nitrogen and oxygen atoms in total. The second-order valence-corrected chi connectivity index (χ2v) is 5.52. The van der Waals surface area contributed by atoms with Gasteiger partial charge in [-0.05, 0) is 29.8 Å². The van der Waals surface area contributed by atoms with Gasteiger partial charge in [0.25, 0.3) is 0 Å². The van der Waals surface area contributed by atoms with Crippen LogP contribution in [0.3, 0.4) is 0 Å². The lowest BCUT2D eigenvalue weighted by molar-refractivity contribution is 0.174. The molecule has 0 radical (unpaired) electrons. The number of anilines is 1. The van der Waals surface area contributed by atoms with Gasteiger partial charge in [0.2, 0.25) is 12.7 Å². The minimum atomic E-state index is 0.197. The highest BCUT2D eigenvalue weighted by Crippen LogP contribution is 2.39. The number of benzene rings is 1. The quantitative estimate of drug-likeness (QED) is 0.600. The highest BCUT2D eigenvalue weighted by atomic mass is 16.7. The highest BCUT2D eigenvalue weighted by molar-refractivity contribution is 5.88. The van der Waals surface area contributed by atoms with Gasteiger partial charge in [-0.15, -0.1) is 0 Å². The van der Waals surface area contributed by atoms with Gasteiger partial charge in [0, 0.05) is 23.5 Å². The monoisotopic (exact) mass is 332 g/mol. The Bertz CT molecular complexity index is 1110. The number of hydrogen-bond acceptors (Lipinski definition) is 7. The van der Waals surface area contributed by atoms with Gasteiger partial charge in [0.05, 0.1) is 17.4 Å². The van der Waals surface area contributed by atoms with Crippen LogP contribution in [-0.4, -0.2) is 31.6 Å². The van der Waals surface area contributed by atoms with E-state index in [0.29, 0.717) is 11.4 Å². The zero-order chi connectivity index (χ0) is 16.8. The van der Waals surface area contributed by atoms with Crippen molar-refractivity contribution in [2.45, 2.75) is 0 Å². The van der Waals surface area contributed by atoms with Gasteiger partial charge >= 0.3 is 0 Å². The van der Waals surface area contributed by atoms with Crippen LogP contribution < -0.4 is 15.2 Å². The summed E-state index contributed by atoms with van der Waals surface area (Å²) in [5, 5.41) is 8.47. The number of fused-ring (bicyclic) bond motifs is 2. The van der Waals surface area contributed by atoms with Gasteiger partial charge in [0.15, 0.2) is 11.5 Å². The van der Waals surface area contributed by atoms with Crippen LogP contribution >= 0.6 is 0 Å². The summed E-state index contributed by atoms with van der Waals surface area (Å²) < 4.78 is 12.4. The second kappa shape index (κ2) is 5.17. The normalized spacial score (nSPS) is 12.6. The second-order valence-electron chi connectivity index (χ2n) is 5.52. The molecule has 0 spiro atoms. The molecular formula is C17H12N6O2. The van der Waals surface area contributed by atoms with Gasteiger partial charge in [-0.3, -0.25) is 0 Å². The van der Waals surface area contributed by atoms with Gasteiger partial charge in [-0.2, -0.15) is 14.8 Å². The molecular weight excluding hydrogens is 320 g/mol. The van der Waals surface area contributed by atoms with Crippen LogP contribution in [0.25, 0.3) is 27.9 Å². The molecule has 25 heavy (non-hydrogen) atoms. The van der Waals surface area contributed by atoms with Crippen molar-refractivity contribution in [2.24, 2.45) is 0 Å². The molecule has 0 unspecified atom stereocenters. The molecule has 0 fully saturated rings. The molecule has 1 aliphatic heterocycles. The molecule has 1 aromatic carbocycles. The maximum Gasteiger partial charge on any atom is 0.231 e. The molecule has 1 aliphatic rings. The summed E-state index contributed by atoms with van der Waals surface area (Å²) in [5.74, 6) is 1.62. The summed E-state index contributed by atoms with van der Waals surface area (Å²) in [4.78, 5) is 8.60. The molecule has 0 aliphatic carbocycles. The standard InChI is InChI=1S/C17H12N6O2/c18-17-19-7-11(10-3-4-14-15(6-10)25-9-24-14)16(22-17)12-8-21-23-13(12)2-1-5-20-23/h1-8H,9H2,(H2,18,19,22). The zero-order valence-corrected chi connectivity index (χ0v) is 13.0. The Morgan fingerprint density at radius 3 is 2.88 bits per heavy atom. The van der Waals surface area contributed by atoms with Crippen LogP contribution in [0.5, 0.6) is 11.5 Å². The number of nitrogens with zero attached hydrogens (tertiary/aromatic N) is 5. The Kier molecular flexibility index (Phi) is 2.84. The van der Waals surface area contributed by atoms with Crippen molar-refractivity contribution in [3.05, 3.63) is 48.9 Å². The first-order chi connectivity index (χ1) is 12.3. The Balaban J connectivity index is 1.74. The van der Waals surface area contributed by atoms with Gasteiger partial charge in [0.1, 0.15) is 0 Å². The van der Waals surface area contributed by atoms with E-state index in [1.54, 1.807) is 23.2 Å². The highest BCUT2D eigenvalue weighted by Gasteiger charge is 2.19. The van der Waals surface area contributed by atoms with E-state index in [4.69, 9.17) is 15.2 Å². The van der Waals surface area contributed by atoms with Crippen molar-refractivity contribution >= 4 is 11.5 Å². The molecule has 0 saturated carbocycles. The lowest BCUT2D eigenvalue weighted by Crippen LogP contribution is -1.99. The van der Waals surface area contributed by atoms with E-state index in [1.807, 2.05) is 30.3 Å². The molecule has 0 amide bonds. The largest absolute Gasteiger partial charge is 0.454 e. The number of ether oxygens (including phenoxy) is 2.